The number of benzene rings is 1. The number of hydrogen-bond donors (Lipinski definition) is 2. The van der Waals surface area contributed by atoms with Gasteiger partial charge >= 0.3 is 0 Å². The van der Waals surface area contributed by atoms with Crippen molar-refractivity contribution in [3.8, 4) is 5.75 Å². The minimum atomic E-state index is -0.559. The van der Waals surface area contributed by atoms with E-state index in [0.717, 1.165) is 13.1 Å². The number of hydrogen-bond acceptors (Lipinski definition) is 4. The third-order valence-electron chi connectivity index (χ3n) is 3.79. The summed E-state index contributed by atoms with van der Waals surface area (Å²) in [4.78, 5) is 2.35. The first-order valence-electron chi connectivity index (χ1n) is 7.59. The molecule has 0 radical (unpaired) electrons. The molecule has 5 heteroatoms. The monoisotopic (exact) mass is 296 g/mol. The molecular weight excluding hydrogens is 271 g/mol. The molecule has 1 saturated heterocycles. The number of nitrogens with zero attached hydrogens (tertiary/aromatic N) is 1. The summed E-state index contributed by atoms with van der Waals surface area (Å²) >= 11 is 0. The van der Waals surface area contributed by atoms with Gasteiger partial charge in [0.05, 0.1) is 0 Å². The number of halogens is 1. The number of rotatable bonds is 7. The van der Waals surface area contributed by atoms with Gasteiger partial charge in [-0.05, 0) is 63.2 Å². The molecule has 1 aromatic rings. The fourth-order valence-corrected chi connectivity index (χ4v) is 2.68. The summed E-state index contributed by atoms with van der Waals surface area (Å²) in [5.74, 6) is 0.945. The van der Waals surface area contributed by atoms with Crippen LogP contribution in [0.5, 0.6) is 5.75 Å². The Morgan fingerprint density at radius 3 is 2.90 bits per heavy atom. The highest BCUT2D eigenvalue weighted by Gasteiger charge is 2.17. The van der Waals surface area contributed by atoms with Crippen molar-refractivity contribution >= 4 is 0 Å². The lowest BCUT2D eigenvalue weighted by atomic mass is 9.98. The molecule has 1 aliphatic heterocycles. The number of likely N-dealkylation sites (tertiary alicyclic amines) is 1. The standard InChI is InChI=1S/C16H25FN2O2/c1-19-8-2-3-13(11-19)9-18-10-15(20)12-21-16-6-4-14(17)5-7-16/h4-7,13,15,18,20H,2-3,8-12H2,1H3. The molecule has 0 amide bonds. The molecule has 0 aromatic heterocycles. The molecule has 0 saturated carbocycles. The van der Waals surface area contributed by atoms with E-state index in [2.05, 4.69) is 17.3 Å². The SMILES string of the molecule is CN1CCCC(CNCC(O)COc2ccc(F)cc2)C1. The Labute approximate surface area is 125 Å². The van der Waals surface area contributed by atoms with Gasteiger partial charge in [0.2, 0.25) is 0 Å². The second kappa shape index (κ2) is 8.32. The Morgan fingerprint density at radius 1 is 1.43 bits per heavy atom. The van der Waals surface area contributed by atoms with Crippen molar-refractivity contribution in [2.45, 2.75) is 18.9 Å². The first-order chi connectivity index (χ1) is 10.1. The van der Waals surface area contributed by atoms with Gasteiger partial charge < -0.3 is 20.1 Å². The lowest BCUT2D eigenvalue weighted by molar-refractivity contribution is 0.103. The molecule has 1 aliphatic rings. The molecule has 1 aromatic carbocycles. The molecule has 1 fully saturated rings. The third-order valence-corrected chi connectivity index (χ3v) is 3.79. The predicted molar refractivity (Wildman–Crippen MR) is 81.0 cm³/mol. The summed E-state index contributed by atoms with van der Waals surface area (Å²) in [5, 5.41) is 13.2. The van der Waals surface area contributed by atoms with Crippen LogP contribution >= 0.6 is 0 Å². The molecule has 0 bridgehead atoms. The van der Waals surface area contributed by atoms with Gasteiger partial charge in [-0.2, -0.15) is 0 Å². The Hall–Kier alpha value is -1.17. The fraction of sp³-hybridized carbons (Fsp3) is 0.625. The van der Waals surface area contributed by atoms with E-state index in [9.17, 15) is 9.50 Å². The van der Waals surface area contributed by atoms with Crippen LogP contribution in [-0.2, 0) is 0 Å². The smallest absolute Gasteiger partial charge is 0.123 e. The number of nitrogens with one attached hydrogen (secondary N) is 1. The number of aliphatic hydroxyl groups excluding tert-OH is 1. The molecule has 4 nitrogen and oxygen atoms in total. The number of ether oxygens (including phenoxy) is 1. The van der Waals surface area contributed by atoms with Crippen LogP contribution < -0.4 is 10.1 Å². The van der Waals surface area contributed by atoms with Gasteiger partial charge in [-0.15, -0.1) is 0 Å². The third kappa shape index (κ3) is 5.99. The normalized spacial score (nSPS) is 21.2. The van der Waals surface area contributed by atoms with Gasteiger partial charge in [0, 0.05) is 13.1 Å². The largest absolute Gasteiger partial charge is 0.491 e. The van der Waals surface area contributed by atoms with E-state index in [4.69, 9.17) is 4.74 Å². The summed E-state index contributed by atoms with van der Waals surface area (Å²) in [5.41, 5.74) is 0. The van der Waals surface area contributed by atoms with Gasteiger partial charge in [0.15, 0.2) is 0 Å². The highest BCUT2D eigenvalue weighted by Crippen LogP contribution is 2.14. The van der Waals surface area contributed by atoms with E-state index in [1.807, 2.05) is 0 Å². The van der Waals surface area contributed by atoms with Gasteiger partial charge in [0.25, 0.3) is 0 Å². The zero-order chi connectivity index (χ0) is 15.1. The highest BCUT2D eigenvalue weighted by atomic mass is 19.1. The van der Waals surface area contributed by atoms with Crippen LogP contribution in [0.4, 0.5) is 4.39 Å². The minimum Gasteiger partial charge on any atom is -0.491 e. The molecule has 0 spiro atoms. The summed E-state index contributed by atoms with van der Waals surface area (Å²) in [6, 6.07) is 5.82. The number of aliphatic hydroxyl groups is 1. The minimum absolute atomic E-state index is 0.212. The van der Waals surface area contributed by atoms with Crippen molar-refractivity contribution in [2.24, 2.45) is 5.92 Å². The molecule has 0 aliphatic carbocycles. The van der Waals surface area contributed by atoms with Crippen molar-refractivity contribution in [1.82, 2.24) is 10.2 Å². The zero-order valence-electron chi connectivity index (χ0n) is 12.6. The van der Waals surface area contributed by atoms with Crippen LogP contribution in [0.1, 0.15) is 12.8 Å². The van der Waals surface area contributed by atoms with Crippen LogP contribution in [0.3, 0.4) is 0 Å². The lowest BCUT2D eigenvalue weighted by Gasteiger charge is -2.30. The Kier molecular flexibility index (Phi) is 6.42. The molecule has 118 valence electrons. The summed E-state index contributed by atoms with van der Waals surface area (Å²) in [6.45, 7) is 3.96. The molecule has 1 heterocycles. The van der Waals surface area contributed by atoms with E-state index in [-0.39, 0.29) is 12.4 Å². The van der Waals surface area contributed by atoms with Crippen LogP contribution in [0.2, 0.25) is 0 Å². The fourth-order valence-electron chi connectivity index (χ4n) is 2.68. The Morgan fingerprint density at radius 2 is 2.19 bits per heavy atom. The van der Waals surface area contributed by atoms with Gasteiger partial charge in [-0.3, -0.25) is 0 Å². The molecule has 2 N–H and O–H groups in total. The predicted octanol–water partition coefficient (Wildman–Crippen LogP) is 1.50. The van der Waals surface area contributed by atoms with Crippen molar-refractivity contribution in [2.75, 3.05) is 39.8 Å². The maximum atomic E-state index is 12.7. The average Bonchev–Trinajstić information content (AvgIpc) is 2.47. The second-order valence-electron chi connectivity index (χ2n) is 5.85. The topological polar surface area (TPSA) is 44.7 Å². The van der Waals surface area contributed by atoms with Crippen molar-refractivity contribution in [3.63, 3.8) is 0 Å². The van der Waals surface area contributed by atoms with Crippen molar-refractivity contribution in [3.05, 3.63) is 30.1 Å². The van der Waals surface area contributed by atoms with Crippen LogP contribution in [0, 0.1) is 11.7 Å². The van der Waals surface area contributed by atoms with Crippen molar-refractivity contribution in [1.29, 1.82) is 0 Å². The quantitative estimate of drug-likeness (QED) is 0.800. The van der Waals surface area contributed by atoms with E-state index < -0.39 is 6.10 Å². The Bertz CT molecular complexity index is 413. The average molecular weight is 296 g/mol. The molecule has 2 rings (SSSR count). The van der Waals surface area contributed by atoms with Gasteiger partial charge in [-0.1, -0.05) is 0 Å². The van der Waals surface area contributed by atoms with Crippen molar-refractivity contribution < 1.29 is 14.2 Å². The van der Waals surface area contributed by atoms with Crippen LogP contribution in [0.15, 0.2) is 24.3 Å². The first-order valence-corrected chi connectivity index (χ1v) is 7.59. The summed E-state index contributed by atoms with van der Waals surface area (Å²) in [6.07, 6.45) is 1.94. The maximum Gasteiger partial charge on any atom is 0.123 e. The molecule has 2 atom stereocenters. The van der Waals surface area contributed by atoms with E-state index in [1.54, 1.807) is 12.1 Å². The zero-order valence-corrected chi connectivity index (χ0v) is 12.6. The van der Waals surface area contributed by atoms with E-state index >= 15 is 0 Å². The first kappa shape index (κ1) is 16.2. The van der Waals surface area contributed by atoms with Gasteiger partial charge in [-0.25, -0.2) is 4.39 Å². The summed E-state index contributed by atoms with van der Waals surface area (Å²) < 4.78 is 18.2. The Balaban J connectivity index is 1.59. The van der Waals surface area contributed by atoms with Gasteiger partial charge in [0.1, 0.15) is 24.3 Å². The molecular formula is C16H25FN2O2. The molecule has 21 heavy (non-hydrogen) atoms. The lowest BCUT2D eigenvalue weighted by Crippen LogP contribution is -2.40. The van der Waals surface area contributed by atoms with Crippen LogP contribution in [0.25, 0.3) is 0 Å². The maximum absolute atomic E-state index is 12.7. The highest BCUT2D eigenvalue weighted by molar-refractivity contribution is 5.22. The number of piperidine rings is 1. The molecule has 2 unspecified atom stereocenters. The second-order valence-corrected chi connectivity index (χ2v) is 5.85. The van der Waals surface area contributed by atoms with Crippen LogP contribution in [-0.4, -0.2) is 55.9 Å². The summed E-state index contributed by atoms with van der Waals surface area (Å²) in [7, 11) is 2.15. The van der Waals surface area contributed by atoms with E-state index in [1.165, 1.54) is 31.5 Å². The van der Waals surface area contributed by atoms with E-state index in [0.29, 0.717) is 18.2 Å².